The Morgan fingerprint density at radius 1 is 1.50 bits per heavy atom. The number of hydrogen-bond donors (Lipinski definition) is 2. The number of sulfonamides is 1. The Bertz CT molecular complexity index is 769. The van der Waals surface area contributed by atoms with Crippen molar-refractivity contribution in [2.45, 2.75) is 11.8 Å². The van der Waals surface area contributed by atoms with Crippen LogP contribution in [0.4, 0.5) is 5.82 Å². The zero-order valence-corrected chi connectivity index (χ0v) is 12.5. The summed E-state index contributed by atoms with van der Waals surface area (Å²) in [4.78, 5) is 14.4. The second-order valence-corrected chi connectivity index (χ2v) is 6.20. The van der Waals surface area contributed by atoms with E-state index >= 15 is 0 Å². The van der Waals surface area contributed by atoms with Gasteiger partial charge >= 0.3 is 5.97 Å². The molecule has 0 atom stereocenters. The molecule has 2 N–H and O–H groups in total. The standard InChI is InChI=1S/C11H9BrN2O5S/c1-6-3-2-4-13-10(6)14-20(17,18)8-5-7(11(15)16)19-9(8)12/h2-5H,1H3,(H,13,14)(H,15,16). The van der Waals surface area contributed by atoms with Crippen LogP contribution in [-0.4, -0.2) is 24.5 Å². The number of nitrogens with zero attached hydrogens (tertiary/aromatic N) is 1. The quantitative estimate of drug-likeness (QED) is 0.864. The number of rotatable bonds is 4. The second kappa shape index (κ2) is 5.25. The van der Waals surface area contributed by atoms with Gasteiger partial charge in [-0.15, -0.1) is 0 Å². The zero-order valence-electron chi connectivity index (χ0n) is 10.1. The molecule has 2 aromatic rings. The molecular formula is C11H9BrN2O5S. The summed E-state index contributed by atoms with van der Waals surface area (Å²) in [5, 5.41) is 8.78. The number of anilines is 1. The fourth-order valence-electron chi connectivity index (χ4n) is 1.42. The highest BCUT2D eigenvalue weighted by molar-refractivity contribution is 9.10. The normalized spacial score (nSPS) is 11.3. The third-order valence-corrected chi connectivity index (χ3v) is 4.59. The summed E-state index contributed by atoms with van der Waals surface area (Å²) >= 11 is 2.88. The van der Waals surface area contributed by atoms with Crippen LogP contribution in [0, 0.1) is 6.92 Å². The minimum Gasteiger partial charge on any atom is -0.475 e. The van der Waals surface area contributed by atoms with Crippen LogP contribution in [0.2, 0.25) is 0 Å². The monoisotopic (exact) mass is 360 g/mol. The molecule has 0 amide bonds. The number of pyridine rings is 1. The Morgan fingerprint density at radius 2 is 2.20 bits per heavy atom. The van der Waals surface area contributed by atoms with E-state index in [-0.39, 0.29) is 15.4 Å². The molecule has 0 aromatic carbocycles. The van der Waals surface area contributed by atoms with E-state index in [1.165, 1.54) is 6.20 Å². The summed E-state index contributed by atoms with van der Waals surface area (Å²) in [6.07, 6.45) is 1.44. The number of furan rings is 1. The summed E-state index contributed by atoms with van der Waals surface area (Å²) in [5.74, 6) is -1.67. The topological polar surface area (TPSA) is 110 Å². The number of carboxylic acid groups (broad SMARTS) is 1. The smallest absolute Gasteiger partial charge is 0.371 e. The third kappa shape index (κ3) is 2.83. The zero-order chi connectivity index (χ0) is 14.9. The lowest BCUT2D eigenvalue weighted by Crippen LogP contribution is -2.14. The van der Waals surface area contributed by atoms with E-state index in [1.807, 2.05) is 0 Å². The van der Waals surface area contributed by atoms with E-state index in [9.17, 15) is 13.2 Å². The molecule has 0 radical (unpaired) electrons. The van der Waals surface area contributed by atoms with Crippen LogP contribution in [0.3, 0.4) is 0 Å². The molecule has 0 aliphatic carbocycles. The van der Waals surface area contributed by atoms with Crippen LogP contribution in [0.25, 0.3) is 0 Å². The fraction of sp³-hybridized carbons (Fsp3) is 0.0909. The first kappa shape index (κ1) is 14.5. The molecule has 0 aliphatic heterocycles. The largest absolute Gasteiger partial charge is 0.475 e. The van der Waals surface area contributed by atoms with E-state index in [0.717, 1.165) is 6.07 Å². The number of nitrogens with one attached hydrogen (secondary N) is 1. The molecule has 0 spiro atoms. The van der Waals surface area contributed by atoms with Gasteiger partial charge in [-0.25, -0.2) is 18.2 Å². The molecule has 9 heteroatoms. The first-order valence-corrected chi connectivity index (χ1v) is 7.56. The van der Waals surface area contributed by atoms with Gasteiger partial charge in [0, 0.05) is 12.3 Å². The lowest BCUT2D eigenvalue weighted by Gasteiger charge is -2.07. The first-order valence-electron chi connectivity index (χ1n) is 5.28. The number of aromatic carboxylic acids is 1. The molecule has 0 saturated heterocycles. The average molecular weight is 361 g/mol. The van der Waals surface area contributed by atoms with Gasteiger partial charge in [-0.3, -0.25) is 4.72 Å². The van der Waals surface area contributed by atoms with Gasteiger partial charge in [-0.1, -0.05) is 6.07 Å². The third-order valence-electron chi connectivity index (χ3n) is 2.40. The first-order chi connectivity index (χ1) is 9.31. The van der Waals surface area contributed by atoms with Crippen LogP contribution < -0.4 is 4.72 Å². The summed E-state index contributed by atoms with van der Waals surface area (Å²) in [5.41, 5.74) is 0.633. The van der Waals surface area contributed by atoms with Gasteiger partial charge in [0.05, 0.1) is 0 Å². The van der Waals surface area contributed by atoms with Crippen LogP contribution in [0.1, 0.15) is 16.1 Å². The maximum absolute atomic E-state index is 12.2. The minimum atomic E-state index is -4.00. The van der Waals surface area contributed by atoms with Gasteiger partial charge in [0.1, 0.15) is 10.7 Å². The predicted molar refractivity (Wildman–Crippen MR) is 73.1 cm³/mol. The molecule has 0 fully saturated rings. The van der Waals surface area contributed by atoms with E-state index in [1.54, 1.807) is 19.1 Å². The lowest BCUT2D eigenvalue weighted by molar-refractivity contribution is 0.0661. The second-order valence-electron chi connectivity index (χ2n) is 3.83. The molecule has 2 heterocycles. The number of aromatic nitrogens is 1. The van der Waals surface area contributed by atoms with E-state index in [2.05, 4.69) is 25.6 Å². The van der Waals surface area contributed by atoms with Crippen molar-refractivity contribution in [1.82, 2.24) is 4.98 Å². The van der Waals surface area contributed by atoms with Gasteiger partial charge in [0.2, 0.25) is 5.76 Å². The van der Waals surface area contributed by atoms with Crippen molar-refractivity contribution in [2.75, 3.05) is 4.72 Å². The van der Waals surface area contributed by atoms with Crippen LogP contribution in [-0.2, 0) is 10.0 Å². The number of hydrogen-bond acceptors (Lipinski definition) is 5. The van der Waals surface area contributed by atoms with Crippen molar-refractivity contribution < 1.29 is 22.7 Å². The van der Waals surface area contributed by atoms with Crippen molar-refractivity contribution in [3.63, 3.8) is 0 Å². The maximum atomic E-state index is 12.2. The molecule has 20 heavy (non-hydrogen) atoms. The number of carboxylic acids is 1. The Labute approximate surface area is 122 Å². The van der Waals surface area contributed by atoms with Gasteiger partial charge in [-0.05, 0) is 34.5 Å². The SMILES string of the molecule is Cc1cccnc1NS(=O)(=O)c1cc(C(=O)O)oc1Br. The molecule has 2 aromatic heterocycles. The van der Waals surface area contributed by atoms with Crippen molar-refractivity contribution in [3.05, 3.63) is 40.4 Å². The Morgan fingerprint density at radius 3 is 2.75 bits per heavy atom. The summed E-state index contributed by atoms with van der Waals surface area (Å²) in [7, 11) is -4.00. The molecule has 7 nitrogen and oxygen atoms in total. The van der Waals surface area contributed by atoms with Crippen LogP contribution >= 0.6 is 15.9 Å². The minimum absolute atomic E-state index is 0.164. The molecule has 0 unspecified atom stereocenters. The fourth-order valence-corrected chi connectivity index (χ4v) is 3.44. The molecule has 106 valence electrons. The summed E-state index contributed by atoms with van der Waals surface area (Å²) in [6.45, 7) is 1.69. The van der Waals surface area contributed by atoms with Gasteiger partial charge in [-0.2, -0.15) is 0 Å². The van der Waals surface area contributed by atoms with Crippen molar-refractivity contribution in [3.8, 4) is 0 Å². The Balaban J connectivity index is 2.41. The van der Waals surface area contributed by atoms with Crippen molar-refractivity contribution in [2.24, 2.45) is 0 Å². The van der Waals surface area contributed by atoms with E-state index in [4.69, 9.17) is 9.52 Å². The van der Waals surface area contributed by atoms with E-state index < -0.39 is 21.8 Å². The highest BCUT2D eigenvalue weighted by atomic mass is 79.9. The van der Waals surface area contributed by atoms with Gasteiger partial charge in [0.25, 0.3) is 10.0 Å². The van der Waals surface area contributed by atoms with Gasteiger partial charge in [0.15, 0.2) is 4.67 Å². The predicted octanol–water partition coefficient (Wildman–Crippen LogP) is 2.24. The maximum Gasteiger partial charge on any atom is 0.371 e. The average Bonchev–Trinajstić information content (AvgIpc) is 2.75. The number of halogens is 1. The van der Waals surface area contributed by atoms with Crippen molar-refractivity contribution >= 4 is 37.7 Å². The lowest BCUT2D eigenvalue weighted by atomic mass is 10.3. The molecule has 0 aliphatic rings. The molecule has 0 saturated carbocycles. The van der Waals surface area contributed by atoms with Crippen molar-refractivity contribution in [1.29, 1.82) is 0 Å². The highest BCUT2D eigenvalue weighted by Crippen LogP contribution is 2.28. The Kier molecular flexibility index (Phi) is 3.82. The number of aryl methyl sites for hydroxylation is 1. The molecular weight excluding hydrogens is 352 g/mol. The summed E-state index contributed by atoms with van der Waals surface area (Å²) < 4.78 is 31.3. The van der Waals surface area contributed by atoms with Crippen LogP contribution in [0.5, 0.6) is 0 Å². The highest BCUT2D eigenvalue weighted by Gasteiger charge is 2.25. The number of carbonyl (C=O) groups is 1. The molecule has 2 rings (SSSR count). The summed E-state index contributed by atoms with van der Waals surface area (Å²) in [6, 6.07) is 4.29. The van der Waals surface area contributed by atoms with E-state index in [0.29, 0.717) is 5.56 Å². The van der Waals surface area contributed by atoms with Crippen LogP contribution in [0.15, 0.2) is 38.4 Å². The van der Waals surface area contributed by atoms with Gasteiger partial charge < -0.3 is 9.52 Å². The Hall–Kier alpha value is -1.87. The molecule has 0 bridgehead atoms.